The number of nitrogens with zero attached hydrogens (tertiary/aromatic N) is 2. The Hall–Kier alpha value is -2.37. The second-order valence-corrected chi connectivity index (χ2v) is 7.89. The predicted octanol–water partition coefficient (Wildman–Crippen LogP) is 3.50. The van der Waals surface area contributed by atoms with Crippen molar-refractivity contribution in [1.82, 2.24) is 15.1 Å². The van der Waals surface area contributed by atoms with Gasteiger partial charge in [0.2, 0.25) is 5.91 Å². The molecule has 2 aromatic rings. The third-order valence-electron chi connectivity index (χ3n) is 5.33. The molecule has 3 rings (SSSR count). The number of rotatable bonds is 6. The molecule has 6 heteroatoms. The lowest BCUT2D eigenvalue weighted by Crippen LogP contribution is -2.37. The van der Waals surface area contributed by atoms with Crippen LogP contribution in [0.2, 0.25) is 5.02 Å². The molecule has 1 aliphatic heterocycles. The molecule has 1 N–H and O–H groups in total. The lowest BCUT2D eigenvalue weighted by molar-refractivity contribution is -0.130. The summed E-state index contributed by atoms with van der Waals surface area (Å²) in [5.41, 5.74) is 3.20. The van der Waals surface area contributed by atoms with Crippen molar-refractivity contribution in [3.8, 4) is 0 Å². The van der Waals surface area contributed by atoms with E-state index in [1.807, 2.05) is 4.90 Å². The van der Waals surface area contributed by atoms with E-state index >= 15 is 0 Å². The van der Waals surface area contributed by atoms with Gasteiger partial charge in [-0.25, -0.2) is 0 Å². The van der Waals surface area contributed by atoms with E-state index in [0.717, 1.165) is 39.1 Å². The quantitative estimate of drug-likeness (QED) is 0.788. The standard InChI is InChI=1S/C23H28ClN3O2/c1-18-5-2-3-6-20(18)17-26-13-4-14-27(16-15-26)22(28)11-12-25-23(29)19-7-9-21(24)10-8-19/h2-3,5-10H,4,11-17H2,1H3,(H,25,29). The summed E-state index contributed by atoms with van der Waals surface area (Å²) in [5, 5.41) is 3.40. The van der Waals surface area contributed by atoms with Gasteiger partial charge in [-0.05, 0) is 48.7 Å². The Morgan fingerprint density at radius 1 is 1.00 bits per heavy atom. The Morgan fingerprint density at radius 2 is 1.76 bits per heavy atom. The van der Waals surface area contributed by atoms with E-state index in [0.29, 0.717) is 23.6 Å². The van der Waals surface area contributed by atoms with Gasteiger partial charge in [0.25, 0.3) is 5.91 Å². The predicted molar refractivity (Wildman–Crippen MR) is 116 cm³/mol. The summed E-state index contributed by atoms with van der Waals surface area (Å²) in [4.78, 5) is 29.0. The fraction of sp³-hybridized carbons (Fsp3) is 0.391. The van der Waals surface area contributed by atoms with Crippen LogP contribution in [0.3, 0.4) is 0 Å². The molecule has 0 aromatic heterocycles. The largest absolute Gasteiger partial charge is 0.352 e. The van der Waals surface area contributed by atoms with Gasteiger partial charge >= 0.3 is 0 Å². The summed E-state index contributed by atoms with van der Waals surface area (Å²) >= 11 is 5.84. The van der Waals surface area contributed by atoms with Gasteiger partial charge in [-0.15, -0.1) is 0 Å². The fourth-order valence-electron chi connectivity index (χ4n) is 3.55. The first-order chi connectivity index (χ1) is 14.0. The third-order valence-corrected chi connectivity index (χ3v) is 5.58. The summed E-state index contributed by atoms with van der Waals surface area (Å²) in [5.74, 6) is -0.0890. The topological polar surface area (TPSA) is 52.6 Å². The number of carbonyl (C=O) groups is 2. The highest BCUT2D eigenvalue weighted by Crippen LogP contribution is 2.13. The average Bonchev–Trinajstić information content (AvgIpc) is 2.96. The summed E-state index contributed by atoms with van der Waals surface area (Å²) in [6.07, 6.45) is 1.28. The minimum atomic E-state index is -0.185. The van der Waals surface area contributed by atoms with Crippen LogP contribution in [0.25, 0.3) is 0 Å². The molecule has 5 nitrogen and oxygen atoms in total. The summed E-state index contributed by atoms with van der Waals surface area (Å²) in [7, 11) is 0. The van der Waals surface area contributed by atoms with Gasteiger partial charge in [0.15, 0.2) is 0 Å². The van der Waals surface area contributed by atoms with Crippen LogP contribution in [0.15, 0.2) is 48.5 Å². The summed E-state index contributed by atoms with van der Waals surface area (Å²) in [6.45, 7) is 6.77. The van der Waals surface area contributed by atoms with Crippen molar-refractivity contribution in [2.24, 2.45) is 0 Å². The molecule has 29 heavy (non-hydrogen) atoms. The zero-order valence-corrected chi connectivity index (χ0v) is 17.6. The first-order valence-corrected chi connectivity index (χ1v) is 10.5. The molecule has 1 heterocycles. The number of amides is 2. The van der Waals surface area contributed by atoms with Gasteiger partial charge in [0, 0.05) is 56.3 Å². The first-order valence-electron chi connectivity index (χ1n) is 10.1. The van der Waals surface area contributed by atoms with Crippen molar-refractivity contribution < 1.29 is 9.59 Å². The molecule has 0 unspecified atom stereocenters. The number of nitrogens with one attached hydrogen (secondary N) is 1. The molecule has 1 aliphatic rings. The van der Waals surface area contributed by atoms with E-state index < -0.39 is 0 Å². The smallest absolute Gasteiger partial charge is 0.251 e. The van der Waals surface area contributed by atoms with Crippen molar-refractivity contribution >= 4 is 23.4 Å². The molecular formula is C23H28ClN3O2. The maximum absolute atomic E-state index is 12.6. The zero-order chi connectivity index (χ0) is 20.6. The Morgan fingerprint density at radius 3 is 2.52 bits per heavy atom. The number of halogens is 1. The van der Waals surface area contributed by atoms with Gasteiger partial charge in [0.1, 0.15) is 0 Å². The van der Waals surface area contributed by atoms with Crippen LogP contribution >= 0.6 is 11.6 Å². The van der Waals surface area contributed by atoms with Crippen molar-refractivity contribution in [3.63, 3.8) is 0 Å². The van der Waals surface area contributed by atoms with Crippen LogP contribution in [-0.4, -0.2) is 54.3 Å². The average molecular weight is 414 g/mol. The maximum atomic E-state index is 12.6. The number of hydrogen-bond donors (Lipinski definition) is 1. The molecule has 0 saturated carbocycles. The van der Waals surface area contributed by atoms with Crippen molar-refractivity contribution in [3.05, 3.63) is 70.2 Å². The monoisotopic (exact) mass is 413 g/mol. The highest BCUT2D eigenvalue weighted by Gasteiger charge is 2.19. The van der Waals surface area contributed by atoms with Gasteiger partial charge in [-0.1, -0.05) is 35.9 Å². The number of carbonyl (C=O) groups excluding carboxylic acids is 2. The minimum absolute atomic E-state index is 0.0964. The fourth-order valence-corrected chi connectivity index (χ4v) is 3.68. The molecule has 2 aromatic carbocycles. The summed E-state index contributed by atoms with van der Waals surface area (Å²) in [6, 6.07) is 15.2. The normalized spacial score (nSPS) is 15.0. The van der Waals surface area contributed by atoms with E-state index in [1.165, 1.54) is 11.1 Å². The van der Waals surface area contributed by atoms with Crippen molar-refractivity contribution in [2.75, 3.05) is 32.7 Å². The second kappa shape index (κ2) is 10.4. The molecule has 0 aliphatic carbocycles. The summed E-state index contributed by atoms with van der Waals surface area (Å²) < 4.78 is 0. The van der Waals surface area contributed by atoms with Crippen LogP contribution in [0.4, 0.5) is 0 Å². The van der Waals surface area contributed by atoms with E-state index in [2.05, 4.69) is 41.4 Å². The molecule has 154 valence electrons. The minimum Gasteiger partial charge on any atom is -0.352 e. The molecule has 0 spiro atoms. The van der Waals surface area contributed by atoms with Crippen LogP contribution in [0, 0.1) is 6.92 Å². The van der Waals surface area contributed by atoms with Crippen molar-refractivity contribution in [1.29, 1.82) is 0 Å². The van der Waals surface area contributed by atoms with E-state index in [4.69, 9.17) is 11.6 Å². The highest BCUT2D eigenvalue weighted by molar-refractivity contribution is 6.30. The molecule has 2 amide bonds. The Bertz CT molecular complexity index is 838. The molecule has 0 bridgehead atoms. The second-order valence-electron chi connectivity index (χ2n) is 7.45. The number of benzene rings is 2. The van der Waals surface area contributed by atoms with E-state index in [-0.39, 0.29) is 11.8 Å². The third kappa shape index (κ3) is 6.31. The SMILES string of the molecule is Cc1ccccc1CN1CCCN(C(=O)CCNC(=O)c2ccc(Cl)cc2)CC1. The first kappa shape index (κ1) is 21.3. The Kier molecular flexibility index (Phi) is 7.67. The van der Waals surface area contributed by atoms with Crippen molar-refractivity contribution in [2.45, 2.75) is 26.3 Å². The lowest BCUT2D eigenvalue weighted by atomic mass is 10.1. The van der Waals surface area contributed by atoms with E-state index in [9.17, 15) is 9.59 Å². The Balaban J connectivity index is 1.42. The molecule has 1 saturated heterocycles. The van der Waals surface area contributed by atoms with Gasteiger partial charge in [-0.3, -0.25) is 14.5 Å². The van der Waals surface area contributed by atoms with Crippen LogP contribution in [-0.2, 0) is 11.3 Å². The maximum Gasteiger partial charge on any atom is 0.251 e. The number of hydrogen-bond acceptors (Lipinski definition) is 3. The van der Waals surface area contributed by atoms with Crippen LogP contribution in [0.1, 0.15) is 34.3 Å². The van der Waals surface area contributed by atoms with Gasteiger partial charge < -0.3 is 10.2 Å². The number of aryl methyl sites for hydroxylation is 1. The molecule has 0 radical (unpaired) electrons. The van der Waals surface area contributed by atoms with E-state index in [1.54, 1.807) is 24.3 Å². The lowest BCUT2D eigenvalue weighted by Gasteiger charge is -2.22. The zero-order valence-electron chi connectivity index (χ0n) is 16.9. The molecule has 1 fully saturated rings. The highest BCUT2D eigenvalue weighted by atomic mass is 35.5. The Labute approximate surface area is 177 Å². The molecular weight excluding hydrogens is 386 g/mol. The van der Waals surface area contributed by atoms with Crippen LogP contribution < -0.4 is 5.32 Å². The van der Waals surface area contributed by atoms with Gasteiger partial charge in [0.05, 0.1) is 0 Å². The van der Waals surface area contributed by atoms with Gasteiger partial charge in [-0.2, -0.15) is 0 Å². The van der Waals surface area contributed by atoms with Crippen LogP contribution in [0.5, 0.6) is 0 Å². The molecule has 0 atom stereocenters.